The van der Waals surface area contributed by atoms with E-state index in [0.717, 1.165) is 38.5 Å². The molecular formula is C33H64O5. The van der Waals surface area contributed by atoms with Crippen LogP contribution < -0.4 is 0 Å². The Labute approximate surface area is 235 Å². The lowest BCUT2D eigenvalue weighted by molar-refractivity contribution is -0.166. The average Bonchev–Trinajstić information content (AvgIpc) is 2.92. The summed E-state index contributed by atoms with van der Waals surface area (Å²) in [4.78, 5) is 25.5. The summed E-state index contributed by atoms with van der Waals surface area (Å²) in [6, 6.07) is 0. The van der Waals surface area contributed by atoms with E-state index in [4.69, 9.17) is 0 Å². The molecule has 0 rings (SSSR count). The molecule has 0 aromatic carbocycles. The van der Waals surface area contributed by atoms with Crippen LogP contribution in [0.2, 0.25) is 0 Å². The van der Waals surface area contributed by atoms with Crippen LogP contribution in [0.4, 0.5) is 0 Å². The van der Waals surface area contributed by atoms with Crippen LogP contribution in [-0.4, -0.2) is 45.2 Å². The second-order valence-corrected chi connectivity index (χ2v) is 11.6. The van der Waals surface area contributed by atoms with E-state index >= 15 is 0 Å². The van der Waals surface area contributed by atoms with Gasteiger partial charge >= 0.3 is 0 Å². The summed E-state index contributed by atoms with van der Waals surface area (Å²) in [6.45, 7) is 3.67. The van der Waals surface area contributed by atoms with Crippen LogP contribution in [0.3, 0.4) is 0 Å². The number of unbranched alkanes of at least 4 members (excludes halogenated alkanes) is 22. The minimum absolute atomic E-state index is 0.0644. The molecule has 0 fully saturated rings. The van der Waals surface area contributed by atoms with E-state index in [1.807, 2.05) is 0 Å². The quantitative estimate of drug-likeness (QED) is 0.0628. The van der Waals surface area contributed by atoms with Crippen LogP contribution in [0, 0.1) is 0 Å². The topological polar surface area (TPSA) is 94.8 Å². The highest BCUT2D eigenvalue weighted by atomic mass is 16.4. The summed E-state index contributed by atoms with van der Waals surface area (Å²) < 4.78 is 0. The Morgan fingerprint density at radius 2 is 0.737 bits per heavy atom. The largest absolute Gasteiger partial charge is 0.394 e. The zero-order valence-corrected chi connectivity index (χ0v) is 25.3. The van der Waals surface area contributed by atoms with Gasteiger partial charge in [-0.25, -0.2) is 0 Å². The Balaban J connectivity index is 4.04. The highest BCUT2D eigenvalue weighted by Gasteiger charge is 2.48. The number of aliphatic hydroxyl groups excluding tert-OH is 2. The van der Waals surface area contributed by atoms with Gasteiger partial charge in [0, 0.05) is 12.8 Å². The van der Waals surface area contributed by atoms with Crippen molar-refractivity contribution in [1.82, 2.24) is 0 Å². The smallest absolute Gasteiger partial charge is 0.209 e. The summed E-state index contributed by atoms with van der Waals surface area (Å²) in [5.74, 6) is -1.29. The van der Waals surface area contributed by atoms with Crippen LogP contribution >= 0.6 is 0 Å². The van der Waals surface area contributed by atoms with Gasteiger partial charge in [0.2, 0.25) is 5.60 Å². The number of carbonyl (C=O) groups excluding carboxylic acids is 2. The second kappa shape index (κ2) is 26.4. The first-order chi connectivity index (χ1) is 18.4. The first-order valence-corrected chi connectivity index (χ1v) is 16.5. The summed E-state index contributed by atoms with van der Waals surface area (Å²) in [7, 11) is 0. The van der Waals surface area contributed by atoms with Gasteiger partial charge in [-0.1, -0.05) is 155 Å². The third-order valence-corrected chi connectivity index (χ3v) is 8.02. The molecular weight excluding hydrogens is 476 g/mol. The fourth-order valence-corrected chi connectivity index (χ4v) is 5.29. The third-order valence-electron chi connectivity index (χ3n) is 8.02. The Bertz CT molecular complexity index is 550. The molecule has 5 nitrogen and oxygen atoms in total. The summed E-state index contributed by atoms with van der Waals surface area (Å²) >= 11 is 0. The van der Waals surface area contributed by atoms with Crippen molar-refractivity contribution in [2.75, 3.05) is 6.61 Å². The van der Waals surface area contributed by atoms with Crippen molar-refractivity contribution in [3.63, 3.8) is 0 Å². The van der Waals surface area contributed by atoms with Crippen LogP contribution in [0.25, 0.3) is 0 Å². The number of carbonyl (C=O) groups is 2. The van der Waals surface area contributed by atoms with Crippen LogP contribution in [-0.2, 0) is 9.59 Å². The summed E-state index contributed by atoms with van der Waals surface area (Å²) in [6.07, 6.45) is 26.6. The molecule has 0 aromatic rings. The van der Waals surface area contributed by atoms with Crippen molar-refractivity contribution in [2.45, 2.75) is 192 Å². The van der Waals surface area contributed by atoms with Crippen LogP contribution in [0.15, 0.2) is 0 Å². The predicted octanol–water partition coefficient (Wildman–Crippen LogP) is 8.39. The second-order valence-electron chi connectivity index (χ2n) is 11.6. The molecule has 0 saturated heterocycles. The molecule has 5 heteroatoms. The van der Waals surface area contributed by atoms with Gasteiger partial charge < -0.3 is 15.3 Å². The molecule has 0 spiro atoms. The maximum atomic E-state index is 12.8. The molecule has 0 radical (unpaired) electrons. The molecule has 0 heterocycles. The molecule has 3 N–H and O–H groups in total. The molecule has 0 aliphatic heterocycles. The third kappa shape index (κ3) is 18.5. The zero-order valence-electron chi connectivity index (χ0n) is 25.3. The Morgan fingerprint density at radius 1 is 0.500 bits per heavy atom. The van der Waals surface area contributed by atoms with Crippen molar-refractivity contribution >= 4 is 11.6 Å². The number of rotatable bonds is 30. The van der Waals surface area contributed by atoms with Crippen molar-refractivity contribution in [3.8, 4) is 0 Å². The summed E-state index contributed by atoms with van der Waals surface area (Å²) in [5.41, 5.74) is -2.47. The highest BCUT2D eigenvalue weighted by molar-refractivity contribution is 6.10. The molecule has 0 aromatic heterocycles. The van der Waals surface area contributed by atoms with E-state index in [2.05, 4.69) is 13.8 Å². The molecule has 0 amide bonds. The van der Waals surface area contributed by atoms with Gasteiger partial charge in [0.25, 0.3) is 0 Å². The van der Waals surface area contributed by atoms with Crippen molar-refractivity contribution in [2.24, 2.45) is 0 Å². The Kier molecular flexibility index (Phi) is 25.9. The molecule has 0 saturated carbocycles. The van der Waals surface area contributed by atoms with Crippen molar-refractivity contribution in [3.05, 3.63) is 0 Å². The van der Waals surface area contributed by atoms with Gasteiger partial charge in [-0.05, 0) is 12.8 Å². The fourth-order valence-electron chi connectivity index (χ4n) is 5.29. The lowest BCUT2D eigenvalue weighted by Gasteiger charge is -2.29. The number of aliphatic hydroxyl groups is 3. The van der Waals surface area contributed by atoms with E-state index in [-0.39, 0.29) is 12.8 Å². The van der Waals surface area contributed by atoms with E-state index in [0.29, 0.717) is 12.8 Å². The van der Waals surface area contributed by atoms with E-state index in [1.165, 1.54) is 103 Å². The van der Waals surface area contributed by atoms with E-state index in [9.17, 15) is 24.9 Å². The van der Waals surface area contributed by atoms with Gasteiger partial charge in [0.15, 0.2) is 11.6 Å². The summed E-state index contributed by atoms with van der Waals surface area (Å²) in [5, 5.41) is 30.4. The molecule has 0 bridgehead atoms. The monoisotopic (exact) mass is 540 g/mol. The van der Waals surface area contributed by atoms with Crippen LogP contribution in [0.5, 0.6) is 0 Å². The predicted molar refractivity (Wildman–Crippen MR) is 159 cm³/mol. The minimum Gasteiger partial charge on any atom is -0.394 e. The maximum absolute atomic E-state index is 12.8. The normalized spacial score (nSPS) is 13.9. The van der Waals surface area contributed by atoms with E-state index < -0.39 is 29.9 Å². The Hall–Kier alpha value is -0.780. The van der Waals surface area contributed by atoms with Gasteiger partial charge in [0.1, 0.15) is 6.10 Å². The Morgan fingerprint density at radius 3 is 0.974 bits per heavy atom. The molecule has 226 valence electrons. The van der Waals surface area contributed by atoms with E-state index in [1.54, 1.807) is 0 Å². The number of hydrogen-bond donors (Lipinski definition) is 3. The zero-order chi connectivity index (χ0) is 28.3. The van der Waals surface area contributed by atoms with Gasteiger partial charge in [-0.15, -0.1) is 0 Å². The minimum atomic E-state index is -2.47. The fraction of sp³-hybridized carbons (Fsp3) is 0.939. The first-order valence-electron chi connectivity index (χ1n) is 16.5. The van der Waals surface area contributed by atoms with Crippen molar-refractivity contribution < 1.29 is 24.9 Å². The lowest BCUT2D eigenvalue weighted by atomic mass is 9.82. The van der Waals surface area contributed by atoms with Gasteiger partial charge in [-0.2, -0.15) is 0 Å². The molecule has 0 aliphatic carbocycles. The molecule has 2 unspecified atom stereocenters. The lowest BCUT2D eigenvalue weighted by Crippen LogP contribution is -2.57. The SMILES string of the molecule is CCCCCCCCCCCCCCCC(=O)C(O)(C(=O)CCCCCCCCCCCCC)C(O)CO. The average molecular weight is 541 g/mol. The van der Waals surface area contributed by atoms with Gasteiger partial charge in [0.05, 0.1) is 6.61 Å². The number of hydrogen-bond acceptors (Lipinski definition) is 5. The molecule has 38 heavy (non-hydrogen) atoms. The van der Waals surface area contributed by atoms with Crippen molar-refractivity contribution in [1.29, 1.82) is 0 Å². The molecule has 0 aliphatic rings. The van der Waals surface area contributed by atoms with Crippen LogP contribution in [0.1, 0.15) is 181 Å². The highest BCUT2D eigenvalue weighted by Crippen LogP contribution is 2.22. The number of ketones is 2. The molecule has 2 atom stereocenters. The standard InChI is InChI=1S/C33H64O5/c1-3-5-7-9-11-13-15-16-18-20-22-24-26-28-31(36)33(38,32(37)29-34)30(35)27-25-23-21-19-17-14-12-10-8-6-4-2/h32,34,37-38H,3-29H2,1-2H3. The first kappa shape index (κ1) is 37.2. The van der Waals surface area contributed by atoms with Gasteiger partial charge in [-0.3, -0.25) is 9.59 Å². The maximum Gasteiger partial charge on any atom is 0.209 e. The number of Topliss-reactive ketones (excluding diaryl/α,β-unsaturated/α-hetero) is 2.